The summed E-state index contributed by atoms with van der Waals surface area (Å²) < 4.78 is 32.3. The third-order valence-electron chi connectivity index (χ3n) is 7.74. The standard InChI is InChI=1S/C35H30F2N4O2S.C2H5NO.C2H6/c1-38-25-18-16-24(17-19-25)32-28(21-39(2)20-23-10-5-3-6-11-23)31-33(42)41(26-12-7-4-8-13-26)35(43)40(34(31)44-32)22-27-29(36)14-9-15-30(27)37;1-3-2-4;1-2/h3-19,38H,20-22H2,1-2H3;2H,1H3,(H,3,4);1-2H3. The Morgan fingerprint density at radius 2 is 1.36 bits per heavy atom. The van der Waals surface area contributed by atoms with Crippen molar-refractivity contribution in [1.82, 2.24) is 19.4 Å². The summed E-state index contributed by atoms with van der Waals surface area (Å²) in [5, 5.41) is 5.72. The van der Waals surface area contributed by atoms with Crippen molar-refractivity contribution in [3.63, 3.8) is 0 Å². The maximum absolute atomic E-state index is 14.9. The lowest BCUT2D eigenvalue weighted by Crippen LogP contribution is -2.39. The van der Waals surface area contributed by atoms with E-state index in [4.69, 9.17) is 4.79 Å². The Morgan fingerprint density at radius 1 is 0.780 bits per heavy atom. The Kier molecular flexibility index (Phi) is 13.4. The third kappa shape index (κ3) is 8.42. The number of thiophene rings is 1. The summed E-state index contributed by atoms with van der Waals surface area (Å²) in [6, 6.07) is 30.1. The monoisotopic (exact) mass is 697 g/mol. The molecule has 6 aromatic rings. The highest BCUT2D eigenvalue weighted by Crippen LogP contribution is 2.38. The van der Waals surface area contributed by atoms with Crippen LogP contribution in [-0.2, 0) is 24.4 Å². The second-order valence-corrected chi connectivity index (χ2v) is 12.0. The molecule has 0 radical (unpaired) electrons. The van der Waals surface area contributed by atoms with Gasteiger partial charge in [0.1, 0.15) is 16.5 Å². The molecule has 2 N–H and O–H groups in total. The van der Waals surface area contributed by atoms with Gasteiger partial charge in [0.2, 0.25) is 6.41 Å². The van der Waals surface area contributed by atoms with E-state index in [0.717, 1.165) is 31.8 Å². The molecule has 4 aromatic carbocycles. The maximum atomic E-state index is 14.9. The second kappa shape index (κ2) is 17.8. The first-order valence-corrected chi connectivity index (χ1v) is 17.0. The van der Waals surface area contributed by atoms with Gasteiger partial charge in [-0.05, 0) is 60.1 Å². The highest BCUT2D eigenvalue weighted by Gasteiger charge is 2.25. The fourth-order valence-corrected chi connectivity index (χ4v) is 6.75. The van der Waals surface area contributed by atoms with Crippen LogP contribution in [0.4, 0.5) is 14.5 Å². The molecule has 0 aliphatic carbocycles. The molecule has 0 saturated carbocycles. The summed E-state index contributed by atoms with van der Waals surface area (Å²) in [6.45, 7) is 4.65. The van der Waals surface area contributed by atoms with E-state index in [1.165, 1.54) is 34.1 Å². The summed E-state index contributed by atoms with van der Waals surface area (Å²) >= 11 is 1.29. The molecule has 2 heterocycles. The van der Waals surface area contributed by atoms with Gasteiger partial charge in [0.05, 0.1) is 17.6 Å². The molecule has 0 saturated heterocycles. The predicted molar refractivity (Wildman–Crippen MR) is 200 cm³/mol. The molecule has 0 unspecified atom stereocenters. The third-order valence-corrected chi connectivity index (χ3v) is 9.05. The van der Waals surface area contributed by atoms with Gasteiger partial charge in [-0.25, -0.2) is 18.1 Å². The van der Waals surface area contributed by atoms with Crippen LogP contribution < -0.4 is 21.9 Å². The fraction of sp³-hybridized carbons (Fsp3) is 0.205. The fourth-order valence-electron chi connectivity index (χ4n) is 5.45. The van der Waals surface area contributed by atoms with Gasteiger partial charge in [-0.3, -0.25) is 19.1 Å². The van der Waals surface area contributed by atoms with E-state index in [1.54, 1.807) is 37.4 Å². The van der Waals surface area contributed by atoms with Crippen molar-refractivity contribution >= 4 is 33.7 Å². The normalized spacial score (nSPS) is 10.6. The number of aromatic nitrogens is 2. The van der Waals surface area contributed by atoms with Crippen molar-refractivity contribution in [1.29, 1.82) is 0 Å². The first-order valence-electron chi connectivity index (χ1n) is 16.2. The number of nitrogens with zero attached hydrogens (tertiary/aromatic N) is 3. The van der Waals surface area contributed by atoms with Crippen LogP contribution in [0.5, 0.6) is 0 Å². The molecule has 1 amide bonds. The summed E-state index contributed by atoms with van der Waals surface area (Å²) in [4.78, 5) is 40.8. The van der Waals surface area contributed by atoms with Crippen molar-refractivity contribution in [2.45, 2.75) is 33.5 Å². The van der Waals surface area contributed by atoms with E-state index < -0.39 is 22.9 Å². The van der Waals surface area contributed by atoms with Gasteiger partial charge in [0.15, 0.2) is 0 Å². The van der Waals surface area contributed by atoms with Gasteiger partial charge in [-0.1, -0.05) is 80.6 Å². The smallest absolute Gasteiger partial charge is 0.337 e. The molecule has 50 heavy (non-hydrogen) atoms. The van der Waals surface area contributed by atoms with Crippen molar-refractivity contribution < 1.29 is 13.6 Å². The Bertz CT molecular complexity index is 2110. The first-order chi connectivity index (χ1) is 24.3. The van der Waals surface area contributed by atoms with Gasteiger partial charge in [0.25, 0.3) is 5.56 Å². The number of amides is 1. The molecular weight excluding hydrogens is 657 g/mol. The van der Waals surface area contributed by atoms with Crippen LogP contribution in [0.15, 0.2) is 113 Å². The maximum Gasteiger partial charge on any atom is 0.337 e. The van der Waals surface area contributed by atoms with Crippen molar-refractivity contribution in [3.05, 3.63) is 152 Å². The molecular formula is C39H41F2N5O3S. The Labute approximate surface area is 294 Å². The number of rotatable bonds is 10. The van der Waals surface area contributed by atoms with Crippen LogP contribution in [0.3, 0.4) is 0 Å². The number of anilines is 1. The van der Waals surface area contributed by atoms with E-state index in [-0.39, 0.29) is 12.1 Å². The van der Waals surface area contributed by atoms with Crippen molar-refractivity contribution in [2.24, 2.45) is 0 Å². The zero-order valence-electron chi connectivity index (χ0n) is 28.7. The summed E-state index contributed by atoms with van der Waals surface area (Å²) in [7, 11) is 5.38. The number of nitrogens with one attached hydrogen (secondary N) is 2. The zero-order chi connectivity index (χ0) is 36.2. The SMILES string of the molecule is CC.CNC=O.CNc1ccc(-c2sc3c(c2CN(C)Cc2ccccc2)c(=O)n(-c2ccccc2)c(=O)n3Cc2c(F)cccc2F)cc1. The molecule has 11 heteroatoms. The Hall–Kier alpha value is -5.39. The summed E-state index contributed by atoms with van der Waals surface area (Å²) in [6.07, 6.45) is 0.625. The molecule has 8 nitrogen and oxygen atoms in total. The van der Waals surface area contributed by atoms with Gasteiger partial charge in [-0.15, -0.1) is 11.3 Å². The summed E-state index contributed by atoms with van der Waals surface area (Å²) in [5.74, 6) is -1.52. The van der Waals surface area contributed by atoms with E-state index in [1.807, 2.05) is 82.5 Å². The molecule has 260 valence electrons. The van der Waals surface area contributed by atoms with Crippen molar-refractivity contribution in [3.8, 4) is 16.1 Å². The summed E-state index contributed by atoms with van der Waals surface area (Å²) in [5.41, 5.74) is 2.65. The average molecular weight is 698 g/mol. The lowest BCUT2D eigenvalue weighted by atomic mass is 10.1. The first kappa shape index (κ1) is 37.4. The molecule has 0 atom stereocenters. The van der Waals surface area contributed by atoms with Crippen LogP contribution in [0, 0.1) is 11.6 Å². The van der Waals surface area contributed by atoms with E-state index in [0.29, 0.717) is 35.4 Å². The van der Waals surface area contributed by atoms with Gasteiger partial charge in [-0.2, -0.15) is 0 Å². The number of para-hydroxylation sites is 1. The van der Waals surface area contributed by atoms with E-state index in [9.17, 15) is 18.4 Å². The minimum atomic E-state index is -0.759. The quantitative estimate of drug-likeness (QED) is 0.147. The Morgan fingerprint density at radius 3 is 1.92 bits per heavy atom. The van der Waals surface area contributed by atoms with Gasteiger partial charge >= 0.3 is 5.69 Å². The molecule has 0 bridgehead atoms. The van der Waals surface area contributed by atoms with Crippen LogP contribution in [0.25, 0.3) is 26.3 Å². The Balaban J connectivity index is 0.000000875. The number of carbonyl (C=O) groups excluding carboxylic acids is 1. The lowest BCUT2D eigenvalue weighted by Gasteiger charge is -2.18. The number of hydrogen-bond acceptors (Lipinski definition) is 6. The van der Waals surface area contributed by atoms with Crippen LogP contribution >= 0.6 is 11.3 Å². The highest BCUT2D eigenvalue weighted by molar-refractivity contribution is 7.22. The minimum Gasteiger partial charge on any atom is -0.388 e. The van der Waals surface area contributed by atoms with Crippen LogP contribution in [0.1, 0.15) is 30.5 Å². The number of halogens is 2. The number of hydrogen-bond donors (Lipinski definition) is 2. The van der Waals surface area contributed by atoms with E-state index >= 15 is 0 Å². The van der Waals surface area contributed by atoms with Gasteiger partial charge < -0.3 is 10.6 Å². The largest absolute Gasteiger partial charge is 0.388 e. The van der Waals surface area contributed by atoms with Crippen molar-refractivity contribution in [2.75, 3.05) is 26.5 Å². The molecule has 6 rings (SSSR count). The number of benzene rings is 4. The van der Waals surface area contributed by atoms with Crippen LogP contribution in [-0.4, -0.2) is 41.6 Å². The molecule has 0 aliphatic rings. The molecule has 0 spiro atoms. The zero-order valence-corrected chi connectivity index (χ0v) is 29.6. The minimum absolute atomic E-state index is 0.245. The average Bonchev–Trinajstić information content (AvgIpc) is 3.51. The molecule has 0 aliphatic heterocycles. The highest BCUT2D eigenvalue weighted by atomic mass is 32.1. The van der Waals surface area contributed by atoms with Crippen LogP contribution in [0.2, 0.25) is 0 Å². The van der Waals surface area contributed by atoms with E-state index in [2.05, 4.69) is 15.5 Å². The molecule has 0 fully saturated rings. The predicted octanol–water partition coefficient (Wildman–Crippen LogP) is 7.27. The number of fused-ring (bicyclic) bond motifs is 1. The number of carbonyl (C=O) groups is 1. The second-order valence-electron chi connectivity index (χ2n) is 11.0. The van der Waals surface area contributed by atoms with Gasteiger partial charge in [0, 0.05) is 43.3 Å². The topological polar surface area (TPSA) is 88.4 Å². The molecule has 2 aromatic heterocycles. The lowest BCUT2D eigenvalue weighted by molar-refractivity contribution is -0.109.